The van der Waals surface area contributed by atoms with Gasteiger partial charge >= 0.3 is 0 Å². The Balaban J connectivity index is 2.96. The van der Waals surface area contributed by atoms with Gasteiger partial charge in [0, 0.05) is 11.6 Å². The van der Waals surface area contributed by atoms with E-state index in [1.54, 1.807) is 0 Å². The molecule has 1 rings (SSSR count). The molecule has 4 atom stereocenters. The number of hydrogen-bond acceptors (Lipinski definition) is 2. The monoisotopic (exact) mass is 268 g/mol. The van der Waals surface area contributed by atoms with E-state index in [0.717, 1.165) is 18.4 Å². The minimum Gasteiger partial charge on any atom is -0.312 e. The van der Waals surface area contributed by atoms with Crippen molar-refractivity contribution in [3.63, 3.8) is 0 Å². The van der Waals surface area contributed by atoms with Gasteiger partial charge in [-0.05, 0) is 51.7 Å². The summed E-state index contributed by atoms with van der Waals surface area (Å²) < 4.78 is 0. The first-order valence-electron chi connectivity index (χ1n) is 8.38. The average molecular weight is 268 g/mol. The molecule has 0 amide bonds. The van der Waals surface area contributed by atoms with E-state index in [1.807, 2.05) is 0 Å². The molecule has 1 N–H and O–H groups in total. The molecule has 0 spiro atoms. The average Bonchev–Trinajstić information content (AvgIpc) is 2.38. The zero-order chi connectivity index (χ0) is 14.5. The molecule has 0 heterocycles. The highest BCUT2D eigenvalue weighted by atomic mass is 15.2. The fourth-order valence-corrected chi connectivity index (χ4v) is 3.99. The molecular formula is C17H36N2. The van der Waals surface area contributed by atoms with Gasteiger partial charge in [-0.2, -0.15) is 0 Å². The number of hydrogen-bond donors (Lipinski definition) is 1. The molecule has 1 aliphatic carbocycles. The number of nitrogens with one attached hydrogen (secondary N) is 1. The van der Waals surface area contributed by atoms with Crippen molar-refractivity contribution in [1.29, 1.82) is 0 Å². The molecule has 1 fully saturated rings. The normalized spacial score (nSPS) is 31.4. The maximum atomic E-state index is 3.89. The van der Waals surface area contributed by atoms with Gasteiger partial charge in [-0.1, -0.05) is 47.0 Å². The van der Waals surface area contributed by atoms with Gasteiger partial charge in [-0.15, -0.1) is 0 Å². The molecule has 4 unspecified atom stereocenters. The second-order valence-electron chi connectivity index (χ2n) is 7.02. The van der Waals surface area contributed by atoms with Gasteiger partial charge in [0.05, 0.1) is 0 Å². The predicted molar refractivity (Wildman–Crippen MR) is 85.6 cm³/mol. The Hall–Kier alpha value is -0.0800. The third kappa shape index (κ3) is 3.95. The van der Waals surface area contributed by atoms with E-state index in [4.69, 9.17) is 0 Å². The van der Waals surface area contributed by atoms with Crippen molar-refractivity contribution in [2.24, 2.45) is 11.8 Å². The van der Waals surface area contributed by atoms with E-state index in [2.05, 4.69) is 52.0 Å². The zero-order valence-electron chi connectivity index (χ0n) is 14.1. The lowest BCUT2D eigenvalue weighted by atomic mass is 9.68. The van der Waals surface area contributed by atoms with Crippen LogP contribution in [0.1, 0.15) is 66.2 Å². The minimum absolute atomic E-state index is 0.363. The van der Waals surface area contributed by atoms with Crippen molar-refractivity contribution in [2.45, 2.75) is 77.8 Å². The minimum atomic E-state index is 0.363. The van der Waals surface area contributed by atoms with Crippen LogP contribution in [-0.4, -0.2) is 37.1 Å². The summed E-state index contributed by atoms with van der Waals surface area (Å²) in [5.41, 5.74) is 0.363. The fraction of sp³-hybridized carbons (Fsp3) is 1.00. The molecule has 0 aliphatic heterocycles. The smallest absolute Gasteiger partial charge is 0.0361 e. The van der Waals surface area contributed by atoms with Gasteiger partial charge in [0.25, 0.3) is 0 Å². The van der Waals surface area contributed by atoms with Crippen molar-refractivity contribution < 1.29 is 0 Å². The van der Waals surface area contributed by atoms with Gasteiger partial charge in [0.1, 0.15) is 0 Å². The van der Waals surface area contributed by atoms with Crippen LogP contribution in [-0.2, 0) is 0 Å². The molecule has 2 heteroatoms. The van der Waals surface area contributed by atoms with Gasteiger partial charge in [0.2, 0.25) is 0 Å². The molecule has 0 saturated heterocycles. The lowest BCUT2D eigenvalue weighted by molar-refractivity contribution is 0.0177. The van der Waals surface area contributed by atoms with E-state index in [-0.39, 0.29) is 0 Å². The molecule has 19 heavy (non-hydrogen) atoms. The summed E-state index contributed by atoms with van der Waals surface area (Å²) in [7, 11) is 4.59. The zero-order valence-corrected chi connectivity index (χ0v) is 14.1. The van der Waals surface area contributed by atoms with Crippen molar-refractivity contribution in [1.82, 2.24) is 10.2 Å². The highest BCUT2D eigenvalue weighted by Crippen LogP contribution is 2.40. The molecule has 1 aliphatic rings. The molecule has 0 radical (unpaired) electrons. The van der Waals surface area contributed by atoms with Crippen molar-refractivity contribution >= 4 is 0 Å². The van der Waals surface area contributed by atoms with E-state index in [1.165, 1.54) is 38.5 Å². The van der Waals surface area contributed by atoms with Crippen LogP contribution in [0.2, 0.25) is 0 Å². The Morgan fingerprint density at radius 1 is 1.32 bits per heavy atom. The topological polar surface area (TPSA) is 15.3 Å². The molecule has 1 saturated carbocycles. The summed E-state index contributed by atoms with van der Waals surface area (Å²) in [5, 5.41) is 3.89. The van der Waals surface area contributed by atoms with Crippen LogP contribution in [0.3, 0.4) is 0 Å². The second kappa shape index (κ2) is 7.64. The molecule has 0 aromatic rings. The standard InChI is InChI=1S/C17H36N2/c1-7-12-18-16(15(4)8-2)17(19(5)6)11-9-10-14(3)13-17/h14-16,18H,7-13H2,1-6H3. The van der Waals surface area contributed by atoms with E-state index in [9.17, 15) is 0 Å². The van der Waals surface area contributed by atoms with E-state index in [0.29, 0.717) is 11.6 Å². The predicted octanol–water partition coefficient (Wildman–Crippen LogP) is 3.91. The second-order valence-corrected chi connectivity index (χ2v) is 7.02. The molecule has 114 valence electrons. The maximum absolute atomic E-state index is 3.89. The van der Waals surface area contributed by atoms with E-state index >= 15 is 0 Å². The fourth-order valence-electron chi connectivity index (χ4n) is 3.99. The molecule has 2 nitrogen and oxygen atoms in total. The quantitative estimate of drug-likeness (QED) is 0.753. The molecule has 0 aromatic heterocycles. The summed E-state index contributed by atoms with van der Waals surface area (Å²) in [6.45, 7) is 10.6. The summed E-state index contributed by atoms with van der Waals surface area (Å²) in [5.74, 6) is 1.62. The summed E-state index contributed by atoms with van der Waals surface area (Å²) in [4.78, 5) is 2.53. The van der Waals surface area contributed by atoms with Gasteiger partial charge < -0.3 is 10.2 Å². The first-order valence-corrected chi connectivity index (χ1v) is 8.38. The number of likely N-dealkylation sites (N-methyl/N-ethyl adjacent to an activating group) is 1. The highest BCUT2D eigenvalue weighted by Gasteiger charge is 2.44. The first kappa shape index (κ1) is 17.0. The third-order valence-corrected chi connectivity index (χ3v) is 5.31. The first-order chi connectivity index (χ1) is 8.97. The van der Waals surface area contributed by atoms with E-state index < -0.39 is 0 Å². The summed E-state index contributed by atoms with van der Waals surface area (Å²) in [6.07, 6.45) is 8.01. The maximum Gasteiger partial charge on any atom is 0.0361 e. The lowest BCUT2D eigenvalue weighted by Crippen LogP contribution is -2.63. The van der Waals surface area contributed by atoms with Crippen molar-refractivity contribution in [3.05, 3.63) is 0 Å². The van der Waals surface area contributed by atoms with Crippen molar-refractivity contribution in [3.8, 4) is 0 Å². The van der Waals surface area contributed by atoms with Gasteiger partial charge in [-0.3, -0.25) is 0 Å². The Labute approximate surface area is 121 Å². The Kier molecular flexibility index (Phi) is 6.82. The molecular weight excluding hydrogens is 232 g/mol. The van der Waals surface area contributed by atoms with Crippen LogP contribution >= 0.6 is 0 Å². The van der Waals surface area contributed by atoms with Gasteiger partial charge in [-0.25, -0.2) is 0 Å². The Morgan fingerprint density at radius 2 is 2.00 bits per heavy atom. The van der Waals surface area contributed by atoms with Crippen LogP contribution in [0.15, 0.2) is 0 Å². The Morgan fingerprint density at radius 3 is 2.47 bits per heavy atom. The number of rotatable bonds is 7. The van der Waals surface area contributed by atoms with Crippen LogP contribution < -0.4 is 5.32 Å². The number of nitrogens with zero attached hydrogens (tertiary/aromatic N) is 1. The SMILES string of the molecule is CCCNC(C(C)CC)C1(N(C)C)CCCC(C)C1. The third-order valence-electron chi connectivity index (χ3n) is 5.31. The van der Waals surface area contributed by atoms with Gasteiger partial charge in [0.15, 0.2) is 0 Å². The summed E-state index contributed by atoms with van der Waals surface area (Å²) in [6, 6.07) is 0.634. The van der Waals surface area contributed by atoms with Crippen molar-refractivity contribution in [2.75, 3.05) is 20.6 Å². The lowest BCUT2D eigenvalue weighted by Gasteiger charge is -2.52. The van der Waals surface area contributed by atoms with Crippen LogP contribution in [0, 0.1) is 11.8 Å². The van der Waals surface area contributed by atoms with Crippen LogP contribution in [0.4, 0.5) is 0 Å². The Bertz CT molecular complexity index is 252. The molecule has 0 bridgehead atoms. The summed E-state index contributed by atoms with van der Waals surface area (Å²) >= 11 is 0. The van der Waals surface area contributed by atoms with Crippen LogP contribution in [0.25, 0.3) is 0 Å². The largest absolute Gasteiger partial charge is 0.312 e. The van der Waals surface area contributed by atoms with Crippen LogP contribution in [0.5, 0.6) is 0 Å². The molecule has 0 aromatic carbocycles. The highest BCUT2D eigenvalue weighted by molar-refractivity contribution is 5.03.